The van der Waals surface area contributed by atoms with E-state index in [4.69, 9.17) is 0 Å². The Kier molecular flexibility index (Phi) is 16.5. The van der Waals surface area contributed by atoms with Gasteiger partial charge in [0.2, 0.25) is 0 Å². The van der Waals surface area contributed by atoms with Gasteiger partial charge < -0.3 is 4.98 Å². The maximum absolute atomic E-state index is 3.67. The summed E-state index contributed by atoms with van der Waals surface area (Å²) in [6.45, 7) is 4.57. The number of nitrogens with one attached hydrogen (secondary N) is 1. The Morgan fingerprint density at radius 1 is 0.684 bits per heavy atom. The summed E-state index contributed by atoms with van der Waals surface area (Å²) in [5.74, 6) is 0. The molecule has 0 amide bonds. The molecule has 2 heteroatoms. The monoisotopic (exact) mass is 266 g/mol. The standard InChI is InChI=1S/C14H30.C3H4N2/c1-3-5-7-9-11-13-14-12-10-8-6-4-2;1-2-5-3-4-1/h3-14H2,1-2H3;1-3H,(H,4,5). The molecule has 0 aliphatic heterocycles. The van der Waals surface area contributed by atoms with Crippen molar-refractivity contribution in [2.75, 3.05) is 0 Å². The average Bonchev–Trinajstić information content (AvgIpc) is 3.00. The topological polar surface area (TPSA) is 28.7 Å². The molecule has 0 aliphatic rings. The van der Waals surface area contributed by atoms with Crippen LogP contribution in [0.15, 0.2) is 18.7 Å². The van der Waals surface area contributed by atoms with E-state index >= 15 is 0 Å². The van der Waals surface area contributed by atoms with Gasteiger partial charge in [0.1, 0.15) is 0 Å². The molecule has 0 saturated heterocycles. The molecule has 19 heavy (non-hydrogen) atoms. The first kappa shape index (κ1) is 18.2. The number of H-pyrrole nitrogens is 1. The summed E-state index contributed by atoms with van der Waals surface area (Å²) < 4.78 is 0. The Labute approximate surface area is 120 Å². The largest absolute Gasteiger partial charge is 0.351 e. The van der Waals surface area contributed by atoms with E-state index in [-0.39, 0.29) is 0 Å². The van der Waals surface area contributed by atoms with Gasteiger partial charge in [0.15, 0.2) is 0 Å². The van der Waals surface area contributed by atoms with E-state index in [0.29, 0.717) is 0 Å². The number of hydrogen-bond donors (Lipinski definition) is 1. The minimum atomic E-state index is 1.37. The van der Waals surface area contributed by atoms with Crippen LogP contribution in [-0.4, -0.2) is 9.97 Å². The van der Waals surface area contributed by atoms with Gasteiger partial charge in [-0.15, -0.1) is 0 Å². The predicted octanol–water partition coefficient (Wildman–Crippen LogP) is 6.12. The lowest BCUT2D eigenvalue weighted by molar-refractivity contribution is 0.548. The molecule has 1 heterocycles. The summed E-state index contributed by atoms with van der Waals surface area (Å²) in [5, 5.41) is 0. The molecule has 0 spiro atoms. The molecule has 112 valence electrons. The van der Waals surface area contributed by atoms with E-state index < -0.39 is 0 Å². The van der Waals surface area contributed by atoms with Crippen LogP contribution < -0.4 is 0 Å². The summed E-state index contributed by atoms with van der Waals surface area (Å²) >= 11 is 0. The average molecular weight is 266 g/mol. The molecule has 0 aliphatic carbocycles. The Balaban J connectivity index is 0.000000532. The number of aromatic amines is 1. The molecule has 0 fully saturated rings. The number of aromatic nitrogens is 2. The SMILES string of the molecule is CCCCCCCCCCCCCC.c1c[nH]cn1. The van der Waals surface area contributed by atoms with Crippen molar-refractivity contribution in [3.05, 3.63) is 18.7 Å². The minimum Gasteiger partial charge on any atom is -0.351 e. The van der Waals surface area contributed by atoms with Crippen molar-refractivity contribution in [1.82, 2.24) is 9.97 Å². The Bertz CT molecular complexity index is 190. The molecule has 0 atom stereocenters. The Morgan fingerprint density at radius 2 is 1.11 bits per heavy atom. The zero-order valence-electron chi connectivity index (χ0n) is 13.2. The second-order valence-corrected chi connectivity index (χ2v) is 5.30. The van der Waals surface area contributed by atoms with Crippen molar-refractivity contribution in [2.24, 2.45) is 0 Å². The second-order valence-electron chi connectivity index (χ2n) is 5.30. The number of nitrogens with zero attached hydrogens (tertiary/aromatic N) is 1. The van der Waals surface area contributed by atoms with Gasteiger partial charge in [-0.3, -0.25) is 0 Å². The molecule has 0 aromatic carbocycles. The second kappa shape index (κ2) is 17.2. The van der Waals surface area contributed by atoms with Gasteiger partial charge >= 0.3 is 0 Å². The van der Waals surface area contributed by atoms with Gasteiger partial charge in [0, 0.05) is 12.4 Å². The highest BCUT2D eigenvalue weighted by molar-refractivity contribution is 4.64. The van der Waals surface area contributed by atoms with Crippen LogP contribution in [0, 0.1) is 0 Å². The van der Waals surface area contributed by atoms with Gasteiger partial charge in [-0.1, -0.05) is 90.9 Å². The van der Waals surface area contributed by atoms with E-state index in [1.54, 1.807) is 18.7 Å². The highest BCUT2D eigenvalue weighted by Gasteiger charge is 1.91. The third-order valence-corrected chi connectivity index (χ3v) is 3.36. The van der Waals surface area contributed by atoms with Crippen LogP contribution in [0.5, 0.6) is 0 Å². The summed E-state index contributed by atoms with van der Waals surface area (Å²) in [5.41, 5.74) is 0. The first-order valence-electron chi connectivity index (χ1n) is 8.34. The van der Waals surface area contributed by atoms with Crippen molar-refractivity contribution < 1.29 is 0 Å². The smallest absolute Gasteiger partial charge is 0.0919 e. The van der Waals surface area contributed by atoms with Crippen LogP contribution in [0.1, 0.15) is 90.9 Å². The minimum absolute atomic E-state index is 1.37. The highest BCUT2D eigenvalue weighted by Crippen LogP contribution is 2.11. The maximum Gasteiger partial charge on any atom is 0.0919 e. The van der Waals surface area contributed by atoms with Crippen LogP contribution in [0.4, 0.5) is 0 Å². The van der Waals surface area contributed by atoms with Gasteiger partial charge in [-0.2, -0.15) is 0 Å². The fourth-order valence-electron chi connectivity index (χ4n) is 2.13. The molecule has 0 bridgehead atoms. The van der Waals surface area contributed by atoms with E-state index in [1.165, 1.54) is 77.0 Å². The van der Waals surface area contributed by atoms with Crippen molar-refractivity contribution >= 4 is 0 Å². The lowest BCUT2D eigenvalue weighted by Crippen LogP contribution is -1.81. The molecule has 1 aromatic heterocycles. The lowest BCUT2D eigenvalue weighted by atomic mass is 10.1. The molecule has 2 nitrogen and oxygen atoms in total. The first-order valence-corrected chi connectivity index (χ1v) is 8.34. The van der Waals surface area contributed by atoms with Gasteiger partial charge in [0.05, 0.1) is 6.33 Å². The van der Waals surface area contributed by atoms with Crippen LogP contribution in [0.2, 0.25) is 0 Å². The number of imidazole rings is 1. The Morgan fingerprint density at radius 3 is 1.32 bits per heavy atom. The van der Waals surface area contributed by atoms with Crippen LogP contribution in [0.25, 0.3) is 0 Å². The zero-order valence-corrected chi connectivity index (χ0v) is 13.2. The molecule has 0 radical (unpaired) electrons. The molecule has 0 unspecified atom stereocenters. The van der Waals surface area contributed by atoms with E-state index in [0.717, 1.165) is 0 Å². The van der Waals surface area contributed by atoms with Gasteiger partial charge in [-0.05, 0) is 0 Å². The number of rotatable bonds is 11. The summed E-state index contributed by atoms with van der Waals surface area (Å²) in [6.07, 6.45) is 22.5. The summed E-state index contributed by atoms with van der Waals surface area (Å²) in [7, 11) is 0. The van der Waals surface area contributed by atoms with E-state index in [1.807, 2.05) is 0 Å². The first-order chi connectivity index (χ1) is 9.41. The summed E-state index contributed by atoms with van der Waals surface area (Å²) in [6, 6.07) is 0. The maximum atomic E-state index is 3.67. The molecule has 0 saturated carbocycles. The Hall–Kier alpha value is -0.790. The van der Waals surface area contributed by atoms with Crippen molar-refractivity contribution in [3.8, 4) is 0 Å². The van der Waals surface area contributed by atoms with E-state index in [2.05, 4.69) is 23.8 Å². The molecular formula is C17H34N2. The van der Waals surface area contributed by atoms with Crippen molar-refractivity contribution in [1.29, 1.82) is 0 Å². The van der Waals surface area contributed by atoms with Crippen LogP contribution in [-0.2, 0) is 0 Å². The molecule has 1 N–H and O–H groups in total. The van der Waals surface area contributed by atoms with Gasteiger partial charge in [-0.25, -0.2) is 4.98 Å². The molecular weight excluding hydrogens is 232 g/mol. The lowest BCUT2D eigenvalue weighted by Gasteiger charge is -2.01. The van der Waals surface area contributed by atoms with Crippen molar-refractivity contribution in [2.45, 2.75) is 90.9 Å². The molecule has 1 rings (SSSR count). The quantitative estimate of drug-likeness (QED) is 0.480. The number of hydrogen-bond acceptors (Lipinski definition) is 1. The summed E-state index contributed by atoms with van der Waals surface area (Å²) in [4.78, 5) is 6.42. The molecule has 1 aromatic rings. The third kappa shape index (κ3) is 17.2. The van der Waals surface area contributed by atoms with E-state index in [9.17, 15) is 0 Å². The predicted molar refractivity (Wildman–Crippen MR) is 85.3 cm³/mol. The normalized spacial score (nSPS) is 10.0. The number of unbranched alkanes of at least 4 members (excludes halogenated alkanes) is 11. The fourth-order valence-corrected chi connectivity index (χ4v) is 2.13. The van der Waals surface area contributed by atoms with Crippen LogP contribution in [0.3, 0.4) is 0 Å². The van der Waals surface area contributed by atoms with Crippen LogP contribution >= 0.6 is 0 Å². The third-order valence-electron chi connectivity index (χ3n) is 3.36. The van der Waals surface area contributed by atoms with Crippen molar-refractivity contribution in [3.63, 3.8) is 0 Å². The fraction of sp³-hybridized carbons (Fsp3) is 0.824. The van der Waals surface area contributed by atoms with Gasteiger partial charge in [0.25, 0.3) is 0 Å². The highest BCUT2D eigenvalue weighted by atomic mass is 14.8. The zero-order chi connectivity index (χ0) is 14.0.